The van der Waals surface area contributed by atoms with Crippen LogP contribution in [-0.2, 0) is 5.41 Å². The summed E-state index contributed by atoms with van der Waals surface area (Å²) in [6.45, 7) is 2.01. The maximum atomic E-state index is 14.2. The van der Waals surface area contributed by atoms with Crippen molar-refractivity contribution in [3.8, 4) is 0 Å². The Hall–Kier alpha value is -1.38. The molecule has 2 nitrogen and oxygen atoms in total. The third-order valence-corrected chi connectivity index (χ3v) is 4.07. The first-order valence-corrected chi connectivity index (χ1v) is 5.79. The predicted octanol–water partition coefficient (Wildman–Crippen LogP) is 3.33. The van der Waals surface area contributed by atoms with E-state index >= 15 is 0 Å². The standard InChI is InChI=1S/C13H15FN2/c1-8-13(6-2-3-7-13)11-10(16-8)5-4-9(15)12(11)14/h4-5H,2-3,6-7,15H2,1H3. The molecule has 3 heteroatoms. The van der Waals surface area contributed by atoms with Crippen molar-refractivity contribution in [3.63, 3.8) is 0 Å². The SMILES string of the molecule is CC1=Nc2ccc(N)c(F)c2C12CCCC2. The quantitative estimate of drug-likeness (QED) is 0.666. The highest BCUT2D eigenvalue weighted by molar-refractivity contribution is 6.01. The van der Waals surface area contributed by atoms with Gasteiger partial charge < -0.3 is 5.73 Å². The molecule has 84 valence electrons. The molecule has 2 N–H and O–H groups in total. The number of nitrogen functional groups attached to an aromatic ring is 1. The number of fused-ring (bicyclic) bond motifs is 2. The summed E-state index contributed by atoms with van der Waals surface area (Å²) in [4.78, 5) is 4.51. The van der Waals surface area contributed by atoms with Gasteiger partial charge in [-0.25, -0.2) is 4.39 Å². The van der Waals surface area contributed by atoms with E-state index in [9.17, 15) is 4.39 Å². The van der Waals surface area contributed by atoms with Crippen LogP contribution in [0.2, 0.25) is 0 Å². The van der Waals surface area contributed by atoms with Gasteiger partial charge in [0.2, 0.25) is 0 Å². The number of benzene rings is 1. The second-order valence-electron chi connectivity index (χ2n) is 4.85. The van der Waals surface area contributed by atoms with E-state index < -0.39 is 0 Å². The van der Waals surface area contributed by atoms with Crippen LogP contribution in [0.5, 0.6) is 0 Å². The summed E-state index contributed by atoms with van der Waals surface area (Å²) in [5.41, 5.74) is 8.36. The highest BCUT2D eigenvalue weighted by atomic mass is 19.1. The van der Waals surface area contributed by atoms with Crippen LogP contribution in [0.1, 0.15) is 38.2 Å². The lowest BCUT2D eigenvalue weighted by atomic mass is 9.76. The van der Waals surface area contributed by atoms with Crippen LogP contribution in [-0.4, -0.2) is 5.71 Å². The summed E-state index contributed by atoms with van der Waals surface area (Å²) in [7, 11) is 0. The fourth-order valence-corrected chi connectivity index (χ4v) is 3.19. The second kappa shape index (κ2) is 3.06. The molecular weight excluding hydrogens is 203 g/mol. The fourth-order valence-electron chi connectivity index (χ4n) is 3.19. The zero-order valence-electron chi connectivity index (χ0n) is 9.39. The first kappa shape index (κ1) is 9.82. The Labute approximate surface area is 94.4 Å². The van der Waals surface area contributed by atoms with Crippen molar-refractivity contribution in [2.45, 2.75) is 38.0 Å². The molecule has 0 amide bonds. The molecule has 1 aliphatic carbocycles. The van der Waals surface area contributed by atoms with Gasteiger partial charge in [0, 0.05) is 16.7 Å². The van der Waals surface area contributed by atoms with Gasteiger partial charge in [0.1, 0.15) is 0 Å². The number of hydrogen-bond acceptors (Lipinski definition) is 2. The molecule has 1 spiro atoms. The Morgan fingerprint density at radius 2 is 2.00 bits per heavy atom. The number of aliphatic imine (C=N–C) groups is 1. The lowest BCUT2D eigenvalue weighted by molar-refractivity contribution is 0.542. The van der Waals surface area contributed by atoms with Crippen molar-refractivity contribution in [2.24, 2.45) is 4.99 Å². The van der Waals surface area contributed by atoms with Crippen LogP contribution in [0, 0.1) is 5.82 Å². The number of hydrogen-bond donors (Lipinski definition) is 1. The molecule has 16 heavy (non-hydrogen) atoms. The zero-order chi connectivity index (χ0) is 11.3. The Morgan fingerprint density at radius 1 is 1.31 bits per heavy atom. The van der Waals surface area contributed by atoms with Gasteiger partial charge >= 0.3 is 0 Å². The minimum Gasteiger partial charge on any atom is -0.396 e. The predicted molar refractivity (Wildman–Crippen MR) is 63.7 cm³/mol. The first-order chi connectivity index (χ1) is 7.65. The van der Waals surface area contributed by atoms with E-state index in [0.29, 0.717) is 0 Å². The van der Waals surface area contributed by atoms with Gasteiger partial charge in [-0.1, -0.05) is 12.8 Å². The molecule has 3 rings (SSSR count). The maximum Gasteiger partial charge on any atom is 0.152 e. The monoisotopic (exact) mass is 218 g/mol. The molecule has 1 aromatic carbocycles. The van der Waals surface area contributed by atoms with Gasteiger partial charge in [-0.2, -0.15) is 0 Å². The van der Waals surface area contributed by atoms with Crippen LogP contribution in [0.25, 0.3) is 0 Å². The van der Waals surface area contributed by atoms with E-state index in [-0.39, 0.29) is 16.9 Å². The number of rotatable bonds is 0. The highest BCUT2D eigenvalue weighted by Crippen LogP contribution is 2.51. The molecule has 0 saturated heterocycles. The average Bonchev–Trinajstić information content (AvgIpc) is 2.83. The molecule has 0 aromatic heterocycles. The maximum absolute atomic E-state index is 14.2. The van der Waals surface area contributed by atoms with Crippen LogP contribution < -0.4 is 5.73 Å². The fraction of sp³-hybridized carbons (Fsp3) is 0.462. The van der Waals surface area contributed by atoms with Crippen molar-refractivity contribution in [3.05, 3.63) is 23.5 Å². The van der Waals surface area contributed by atoms with Gasteiger partial charge in [0.25, 0.3) is 0 Å². The summed E-state index contributed by atoms with van der Waals surface area (Å²) >= 11 is 0. The number of nitrogens with two attached hydrogens (primary N) is 1. The van der Waals surface area contributed by atoms with E-state index in [0.717, 1.165) is 42.6 Å². The number of anilines is 1. The highest BCUT2D eigenvalue weighted by Gasteiger charge is 2.45. The van der Waals surface area contributed by atoms with E-state index in [2.05, 4.69) is 4.99 Å². The van der Waals surface area contributed by atoms with Crippen molar-refractivity contribution < 1.29 is 4.39 Å². The summed E-state index contributed by atoms with van der Waals surface area (Å²) in [6, 6.07) is 3.45. The Balaban J connectivity index is 2.27. The summed E-state index contributed by atoms with van der Waals surface area (Å²) in [5, 5.41) is 0. The normalized spacial score (nSPS) is 21.2. The first-order valence-electron chi connectivity index (χ1n) is 5.79. The van der Waals surface area contributed by atoms with Crippen LogP contribution in [0.4, 0.5) is 15.8 Å². The summed E-state index contributed by atoms with van der Waals surface area (Å²) < 4.78 is 14.2. The second-order valence-corrected chi connectivity index (χ2v) is 4.85. The Bertz CT molecular complexity index is 485. The van der Waals surface area contributed by atoms with E-state index in [1.807, 2.05) is 13.0 Å². The smallest absolute Gasteiger partial charge is 0.152 e. The molecule has 1 saturated carbocycles. The zero-order valence-corrected chi connectivity index (χ0v) is 9.39. The van der Waals surface area contributed by atoms with Crippen LogP contribution >= 0.6 is 0 Å². The third kappa shape index (κ3) is 1.03. The molecule has 1 fully saturated rings. The number of halogens is 1. The average molecular weight is 218 g/mol. The van der Waals surface area contributed by atoms with Gasteiger partial charge in [-0.3, -0.25) is 4.99 Å². The van der Waals surface area contributed by atoms with E-state index in [1.165, 1.54) is 0 Å². The molecule has 1 aromatic rings. The van der Waals surface area contributed by atoms with Crippen molar-refractivity contribution in [2.75, 3.05) is 5.73 Å². The molecule has 2 aliphatic rings. The van der Waals surface area contributed by atoms with Crippen LogP contribution in [0.15, 0.2) is 17.1 Å². The molecule has 0 unspecified atom stereocenters. The minimum absolute atomic E-state index is 0.144. The molecule has 1 heterocycles. The lowest BCUT2D eigenvalue weighted by Gasteiger charge is -2.25. The van der Waals surface area contributed by atoms with Gasteiger partial charge in [0.05, 0.1) is 11.4 Å². The van der Waals surface area contributed by atoms with Crippen molar-refractivity contribution in [1.29, 1.82) is 0 Å². The largest absolute Gasteiger partial charge is 0.396 e. The minimum atomic E-state index is -0.250. The molecule has 0 bridgehead atoms. The van der Waals surface area contributed by atoms with Crippen LogP contribution in [0.3, 0.4) is 0 Å². The molecule has 0 radical (unpaired) electrons. The van der Waals surface area contributed by atoms with Crippen molar-refractivity contribution >= 4 is 17.1 Å². The Kier molecular flexibility index (Phi) is 1.88. The Morgan fingerprint density at radius 3 is 2.69 bits per heavy atom. The molecule has 1 aliphatic heterocycles. The molecular formula is C13H15FN2. The van der Waals surface area contributed by atoms with E-state index in [4.69, 9.17) is 5.73 Å². The third-order valence-electron chi connectivity index (χ3n) is 4.07. The number of nitrogens with zero attached hydrogens (tertiary/aromatic N) is 1. The summed E-state index contributed by atoms with van der Waals surface area (Å²) in [6.07, 6.45) is 4.33. The van der Waals surface area contributed by atoms with Gasteiger partial charge in [-0.15, -0.1) is 0 Å². The summed E-state index contributed by atoms with van der Waals surface area (Å²) in [5.74, 6) is -0.250. The van der Waals surface area contributed by atoms with E-state index in [1.54, 1.807) is 6.07 Å². The molecule has 0 atom stereocenters. The van der Waals surface area contributed by atoms with Gasteiger partial charge in [0.15, 0.2) is 5.82 Å². The topological polar surface area (TPSA) is 38.4 Å². The lowest BCUT2D eigenvalue weighted by Crippen LogP contribution is -2.28. The van der Waals surface area contributed by atoms with Crippen molar-refractivity contribution in [1.82, 2.24) is 0 Å². The van der Waals surface area contributed by atoms with Gasteiger partial charge in [-0.05, 0) is 31.9 Å².